The summed E-state index contributed by atoms with van der Waals surface area (Å²) < 4.78 is 16.2. The lowest BCUT2D eigenvalue weighted by atomic mass is 10.2. The quantitative estimate of drug-likeness (QED) is 0.640. The van der Waals surface area contributed by atoms with Gasteiger partial charge in [-0.15, -0.1) is 0 Å². The maximum absolute atomic E-state index is 12.8. The fraction of sp³-hybridized carbons (Fsp3) is 0.190. The zero-order valence-corrected chi connectivity index (χ0v) is 14.8. The number of carbonyl (C=O) groups excluding carboxylic acids is 1. The second-order valence-electron chi connectivity index (χ2n) is 5.86. The highest BCUT2D eigenvalue weighted by molar-refractivity contribution is 5.94. The minimum atomic E-state index is -0.160. The molecule has 5 heteroatoms. The highest BCUT2D eigenvalue weighted by atomic mass is 16.5. The minimum absolute atomic E-state index is 0.0597. The number of carbonyl (C=O) groups is 1. The molecule has 0 radical (unpaired) electrons. The summed E-state index contributed by atoms with van der Waals surface area (Å²) in [6.07, 6.45) is 1.59. The van der Waals surface area contributed by atoms with Gasteiger partial charge in [-0.05, 0) is 55.5 Å². The molecule has 0 aliphatic heterocycles. The Morgan fingerprint density at radius 2 is 1.69 bits per heavy atom. The Bertz CT molecular complexity index is 823. The molecule has 0 N–H and O–H groups in total. The Morgan fingerprint density at radius 3 is 2.31 bits per heavy atom. The summed E-state index contributed by atoms with van der Waals surface area (Å²) in [5.41, 5.74) is 1.89. The highest BCUT2D eigenvalue weighted by Gasteiger charge is 2.18. The van der Waals surface area contributed by atoms with E-state index in [4.69, 9.17) is 13.9 Å². The van der Waals surface area contributed by atoms with Gasteiger partial charge in [0.2, 0.25) is 0 Å². The van der Waals surface area contributed by atoms with E-state index >= 15 is 0 Å². The Balaban J connectivity index is 1.74. The van der Waals surface area contributed by atoms with Crippen molar-refractivity contribution >= 4 is 11.6 Å². The molecule has 0 saturated carbocycles. The van der Waals surface area contributed by atoms with E-state index in [1.807, 2.05) is 61.5 Å². The van der Waals surface area contributed by atoms with E-state index < -0.39 is 0 Å². The first-order chi connectivity index (χ1) is 12.7. The van der Waals surface area contributed by atoms with Crippen LogP contribution < -0.4 is 14.4 Å². The Hall–Kier alpha value is -3.21. The SMILES string of the molecule is COc1ccc(N(Cc2ccco2)C(=O)COc2ccc(C)cc2)cc1. The van der Waals surface area contributed by atoms with E-state index in [2.05, 4.69) is 0 Å². The van der Waals surface area contributed by atoms with Gasteiger partial charge in [0.1, 0.15) is 17.3 Å². The average Bonchev–Trinajstić information content (AvgIpc) is 3.19. The van der Waals surface area contributed by atoms with Crippen LogP contribution in [0, 0.1) is 6.92 Å². The largest absolute Gasteiger partial charge is 0.497 e. The third-order valence-corrected chi connectivity index (χ3v) is 3.96. The molecule has 0 aliphatic carbocycles. The van der Waals surface area contributed by atoms with Crippen LogP contribution in [0.5, 0.6) is 11.5 Å². The number of hydrogen-bond donors (Lipinski definition) is 0. The van der Waals surface area contributed by atoms with Gasteiger partial charge in [0.05, 0.1) is 19.9 Å². The van der Waals surface area contributed by atoms with Crippen molar-refractivity contribution in [2.45, 2.75) is 13.5 Å². The van der Waals surface area contributed by atoms with Crippen molar-refractivity contribution in [3.63, 3.8) is 0 Å². The van der Waals surface area contributed by atoms with Crippen LogP contribution in [-0.4, -0.2) is 19.6 Å². The number of methoxy groups -OCH3 is 1. The van der Waals surface area contributed by atoms with Crippen LogP contribution in [0.4, 0.5) is 5.69 Å². The van der Waals surface area contributed by atoms with Gasteiger partial charge in [-0.3, -0.25) is 4.79 Å². The molecule has 0 unspecified atom stereocenters. The minimum Gasteiger partial charge on any atom is -0.497 e. The molecule has 3 aromatic rings. The molecule has 0 saturated heterocycles. The molecule has 2 aromatic carbocycles. The normalized spacial score (nSPS) is 10.4. The topological polar surface area (TPSA) is 51.9 Å². The van der Waals surface area contributed by atoms with Crippen molar-refractivity contribution in [2.75, 3.05) is 18.6 Å². The van der Waals surface area contributed by atoms with Gasteiger partial charge in [0.25, 0.3) is 5.91 Å². The Kier molecular flexibility index (Phi) is 5.59. The van der Waals surface area contributed by atoms with Crippen LogP contribution in [0.15, 0.2) is 71.3 Å². The van der Waals surface area contributed by atoms with Crippen molar-refractivity contribution in [3.8, 4) is 11.5 Å². The predicted molar refractivity (Wildman–Crippen MR) is 99.6 cm³/mol. The van der Waals surface area contributed by atoms with Crippen LogP contribution in [0.25, 0.3) is 0 Å². The number of nitrogens with zero attached hydrogens (tertiary/aromatic N) is 1. The van der Waals surface area contributed by atoms with Crippen molar-refractivity contribution in [3.05, 3.63) is 78.3 Å². The number of ether oxygens (including phenoxy) is 2. The standard InChI is InChI=1S/C21H21NO4/c1-16-5-9-19(10-6-16)26-15-21(23)22(14-20-4-3-13-25-20)17-7-11-18(24-2)12-8-17/h3-13H,14-15H2,1-2H3. The Labute approximate surface area is 152 Å². The maximum Gasteiger partial charge on any atom is 0.265 e. The van der Waals surface area contributed by atoms with Gasteiger partial charge in [0, 0.05) is 5.69 Å². The summed E-state index contributed by atoms with van der Waals surface area (Å²) in [6, 6.07) is 18.6. The molecular formula is C21H21NO4. The van der Waals surface area contributed by atoms with E-state index in [1.165, 1.54) is 0 Å². The van der Waals surface area contributed by atoms with Gasteiger partial charge in [0.15, 0.2) is 6.61 Å². The molecule has 5 nitrogen and oxygen atoms in total. The van der Waals surface area contributed by atoms with Gasteiger partial charge < -0.3 is 18.8 Å². The number of furan rings is 1. The van der Waals surface area contributed by atoms with E-state index in [9.17, 15) is 4.79 Å². The van der Waals surface area contributed by atoms with Gasteiger partial charge >= 0.3 is 0 Å². The fourth-order valence-corrected chi connectivity index (χ4v) is 2.50. The van der Waals surface area contributed by atoms with Gasteiger partial charge in [-0.2, -0.15) is 0 Å². The molecule has 134 valence electrons. The van der Waals surface area contributed by atoms with Crippen LogP contribution in [-0.2, 0) is 11.3 Å². The van der Waals surface area contributed by atoms with Crippen LogP contribution in [0.1, 0.15) is 11.3 Å². The molecule has 0 fully saturated rings. The molecule has 3 rings (SSSR count). The van der Waals surface area contributed by atoms with Crippen LogP contribution in [0.3, 0.4) is 0 Å². The second kappa shape index (κ2) is 8.25. The third-order valence-electron chi connectivity index (χ3n) is 3.96. The molecule has 0 bridgehead atoms. The summed E-state index contributed by atoms with van der Waals surface area (Å²) in [4.78, 5) is 14.4. The lowest BCUT2D eigenvalue weighted by Crippen LogP contribution is -2.34. The van der Waals surface area contributed by atoms with Crippen molar-refractivity contribution in [1.29, 1.82) is 0 Å². The summed E-state index contributed by atoms with van der Waals surface area (Å²) in [5.74, 6) is 1.93. The molecule has 0 spiro atoms. The third kappa shape index (κ3) is 4.45. The fourth-order valence-electron chi connectivity index (χ4n) is 2.50. The number of hydrogen-bond acceptors (Lipinski definition) is 4. The first-order valence-electron chi connectivity index (χ1n) is 8.32. The number of amides is 1. The van der Waals surface area contributed by atoms with E-state index in [0.29, 0.717) is 18.1 Å². The van der Waals surface area contributed by atoms with Crippen LogP contribution in [0.2, 0.25) is 0 Å². The molecular weight excluding hydrogens is 330 g/mol. The molecule has 0 aliphatic rings. The lowest BCUT2D eigenvalue weighted by Gasteiger charge is -2.22. The summed E-state index contributed by atoms with van der Waals surface area (Å²) in [6.45, 7) is 2.27. The van der Waals surface area contributed by atoms with E-state index in [-0.39, 0.29) is 12.5 Å². The van der Waals surface area contributed by atoms with Crippen molar-refractivity contribution in [1.82, 2.24) is 0 Å². The number of benzene rings is 2. The maximum atomic E-state index is 12.8. The molecule has 26 heavy (non-hydrogen) atoms. The van der Waals surface area contributed by atoms with Crippen molar-refractivity contribution in [2.24, 2.45) is 0 Å². The molecule has 1 aromatic heterocycles. The summed E-state index contributed by atoms with van der Waals surface area (Å²) in [7, 11) is 1.61. The smallest absolute Gasteiger partial charge is 0.265 e. The average molecular weight is 351 g/mol. The summed E-state index contributed by atoms with van der Waals surface area (Å²) >= 11 is 0. The molecule has 1 amide bonds. The van der Waals surface area contributed by atoms with E-state index in [0.717, 1.165) is 17.0 Å². The zero-order valence-electron chi connectivity index (χ0n) is 14.8. The zero-order chi connectivity index (χ0) is 18.4. The number of anilines is 1. The monoisotopic (exact) mass is 351 g/mol. The number of aryl methyl sites for hydroxylation is 1. The molecule has 1 heterocycles. The highest BCUT2D eigenvalue weighted by Crippen LogP contribution is 2.22. The van der Waals surface area contributed by atoms with Gasteiger partial charge in [-0.1, -0.05) is 17.7 Å². The van der Waals surface area contributed by atoms with Crippen LogP contribution >= 0.6 is 0 Å². The van der Waals surface area contributed by atoms with E-state index in [1.54, 1.807) is 24.3 Å². The second-order valence-corrected chi connectivity index (χ2v) is 5.86. The number of rotatable bonds is 7. The van der Waals surface area contributed by atoms with Crippen molar-refractivity contribution < 1.29 is 18.7 Å². The predicted octanol–water partition coefficient (Wildman–Crippen LogP) is 4.21. The van der Waals surface area contributed by atoms with Gasteiger partial charge in [-0.25, -0.2) is 0 Å². The lowest BCUT2D eigenvalue weighted by molar-refractivity contribution is -0.120. The Morgan fingerprint density at radius 1 is 1.00 bits per heavy atom. The first-order valence-corrected chi connectivity index (χ1v) is 8.32. The summed E-state index contributed by atoms with van der Waals surface area (Å²) in [5, 5.41) is 0. The first kappa shape index (κ1) is 17.6. The molecule has 0 atom stereocenters.